The second-order valence-corrected chi connectivity index (χ2v) is 6.46. The molecule has 1 aromatic carbocycles. The maximum absolute atomic E-state index is 11.9. The van der Waals surface area contributed by atoms with E-state index >= 15 is 0 Å². The average Bonchev–Trinajstić information content (AvgIpc) is 2.45. The van der Waals surface area contributed by atoms with E-state index in [2.05, 4.69) is 20.8 Å². The van der Waals surface area contributed by atoms with Gasteiger partial charge in [-0.05, 0) is 12.1 Å². The molecule has 104 valence electrons. The highest BCUT2D eigenvalue weighted by Crippen LogP contribution is 2.13. The zero-order valence-electron chi connectivity index (χ0n) is 10.8. The Kier molecular flexibility index (Phi) is 6.37. The van der Waals surface area contributed by atoms with Crippen molar-refractivity contribution in [2.75, 3.05) is 44.4 Å². The van der Waals surface area contributed by atoms with Crippen molar-refractivity contribution in [2.24, 2.45) is 0 Å². The maximum Gasteiger partial charge on any atom is 0.172 e. The van der Waals surface area contributed by atoms with Crippen LogP contribution in [0.5, 0.6) is 0 Å². The minimum absolute atomic E-state index is 0.208. The fourth-order valence-corrected chi connectivity index (χ4v) is 3.05. The Bertz CT molecular complexity index is 404. The molecular formula is C14H18BrNO2S. The number of hydrogen-bond acceptors (Lipinski definition) is 4. The van der Waals surface area contributed by atoms with Crippen LogP contribution in [0.1, 0.15) is 10.4 Å². The third kappa shape index (κ3) is 5.26. The largest absolute Gasteiger partial charge is 0.379 e. The topological polar surface area (TPSA) is 29.5 Å². The van der Waals surface area contributed by atoms with Gasteiger partial charge in [0.1, 0.15) is 0 Å². The molecule has 0 spiro atoms. The highest BCUT2D eigenvalue weighted by molar-refractivity contribution is 9.10. The van der Waals surface area contributed by atoms with Crippen LogP contribution < -0.4 is 0 Å². The van der Waals surface area contributed by atoms with E-state index in [-0.39, 0.29) is 5.78 Å². The summed E-state index contributed by atoms with van der Waals surface area (Å²) in [6.07, 6.45) is 0. The molecule has 1 fully saturated rings. The summed E-state index contributed by atoms with van der Waals surface area (Å²) >= 11 is 5.08. The van der Waals surface area contributed by atoms with Gasteiger partial charge < -0.3 is 4.74 Å². The summed E-state index contributed by atoms with van der Waals surface area (Å²) in [5.41, 5.74) is 0.794. The van der Waals surface area contributed by atoms with Crippen molar-refractivity contribution in [1.82, 2.24) is 4.90 Å². The number of halogens is 1. The second-order valence-electron chi connectivity index (χ2n) is 4.44. The number of benzene rings is 1. The average molecular weight is 344 g/mol. The van der Waals surface area contributed by atoms with Crippen LogP contribution in [0.25, 0.3) is 0 Å². The molecule has 1 aromatic rings. The van der Waals surface area contributed by atoms with Gasteiger partial charge in [0.15, 0.2) is 5.78 Å². The molecule has 0 aromatic heterocycles. The number of ether oxygens (including phenoxy) is 1. The smallest absolute Gasteiger partial charge is 0.172 e. The molecule has 0 radical (unpaired) electrons. The maximum atomic E-state index is 11.9. The van der Waals surface area contributed by atoms with Crippen LogP contribution in [0.2, 0.25) is 0 Å². The lowest BCUT2D eigenvalue weighted by molar-refractivity contribution is 0.0410. The SMILES string of the molecule is O=C(CSCCN1CCOCC1)c1ccc(Br)cc1. The van der Waals surface area contributed by atoms with Gasteiger partial charge in [-0.1, -0.05) is 28.1 Å². The molecule has 1 aliphatic rings. The minimum atomic E-state index is 0.208. The van der Waals surface area contributed by atoms with E-state index in [0.29, 0.717) is 5.75 Å². The molecule has 0 N–H and O–H groups in total. The number of morpholine rings is 1. The first kappa shape index (κ1) is 15.0. The van der Waals surface area contributed by atoms with Crippen LogP contribution in [0.3, 0.4) is 0 Å². The Morgan fingerprint density at radius 3 is 2.63 bits per heavy atom. The summed E-state index contributed by atoms with van der Waals surface area (Å²) in [4.78, 5) is 14.3. The lowest BCUT2D eigenvalue weighted by atomic mass is 10.2. The van der Waals surface area contributed by atoms with Gasteiger partial charge in [-0.3, -0.25) is 9.69 Å². The van der Waals surface area contributed by atoms with Gasteiger partial charge in [0.05, 0.1) is 19.0 Å². The Labute approximate surface area is 126 Å². The Morgan fingerprint density at radius 2 is 1.95 bits per heavy atom. The summed E-state index contributed by atoms with van der Waals surface area (Å²) < 4.78 is 6.31. The molecule has 0 aliphatic carbocycles. The van der Waals surface area contributed by atoms with Gasteiger partial charge >= 0.3 is 0 Å². The van der Waals surface area contributed by atoms with E-state index in [1.54, 1.807) is 11.8 Å². The van der Waals surface area contributed by atoms with Crippen molar-refractivity contribution in [3.63, 3.8) is 0 Å². The fourth-order valence-electron chi connectivity index (χ4n) is 1.90. The number of rotatable bonds is 6. The van der Waals surface area contributed by atoms with E-state index in [1.165, 1.54) is 0 Å². The third-order valence-electron chi connectivity index (χ3n) is 3.05. The molecule has 5 heteroatoms. The standard InChI is InChI=1S/C14H18BrNO2S/c15-13-3-1-12(2-4-13)14(17)11-19-10-7-16-5-8-18-9-6-16/h1-4H,5-11H2. The molecule has 1 heterocycles. The summed E-state index contributed by atoms with van der Waals surface area (Å²) in [5, 5.41) is 0. The van der Waals surface area contributed by atoms with Gasteiger partial charge in [0, 0.05) is 35.4 Å². The molecular weight excluding hydrogens is 326 g/mol. The Hall–Kier alpha value is -0.360. The van der Waals surface area contributed by atoms with Crippen LogP contribution in [0.15, 0.2) is 28.7 Å². The van der Waals surface area contributed by atoms with E-state index in [4.69, 9.17) is 4.74 Å². The highest BCUT2D eigenvalue weighted by Gasteiger charge is 2.10. The molecule has 0 bridgehead atoms. The molecule has 3 nitrogen and oxygen atoms in total. The van der Waals surface area contributed by atoms with Crippen molar-refractivity contribution in [2.45, 2.75) is 0 Å². The number of carbonyl (C=O) groups is 1. The fraction of sp³-hybridized carbons (Fsp3) is 0.500. The normalized spacial score (nSPS) is 16.5. The lowest BCUT2D eigenvalue weighted by Gasteiger charge is -2.26. The molecule has 1 saturated heterocycles. The second kappa shape index (κ2) is 8.04. The molecule has 0 unspecified atom stereocenters. The molecule has 19 heavy (non-hydrogen) atoms. The zero-order chi connectivity index (χ0) is 13.5. The summed E-state index contributed by atoms with van der Waals surface area (Å²) in [7, 11) is 0. The third-order valence-corrected chi connectivity index (χ3v) is 4.52. The van der Waals surface area contributed by atoms with Crippen LogP contribution in [0, 0.1) is 0 Å². The summed E-state index contributed by atoms with van der Waals surface area (Å²) in [5.74, 6) is 1.77. The monoisotopic (exact) mass is 343 g/mol. The zero-order valence-corrected chi connectivity index (χ0v) is 13.2. The molecule has 0 atom stereocenters. The van der Waals surface area contributed by atoms with Gasteiger partial charge in [0.25, 0.3) is 0 Å². The van der Waals surface area contributed by atoms with Gasteiger partial charge in [-0.25, -0.2) is 0 Å². The van der Waals surface area contributed by atoms with Crippen molar-refractivity contribution >= 4 is 33.5 Å². The Balaban J connectivity index is 1.64. The first-order chi connectivity index (χ1) is 9.25. The van der Waals surface area contributed by atoms with Gasteiger partial charge in [-0.2, -0.15) is 11.8 Å². The van der Waals surface area contributed by atoms with E-state index in [0.717, 1.165) is 48.6 Å². The van der Waals surface area contributed by atoms with Crippen LogP contribution in [-0.2, 0) is 4.74 Å². The predicted octanol–water partition coefficient (Wildman–Crippen LogP) is 2.70. The molecule has 2 rings (SSSR count). The van der Waals surface area contributed by atoms with E-state index in [1.807, 2.05) is 24.3 Å². The van der Waals surface area contributed by atoms with E-state index < -0.39 is 0 Å². The first-order valence-corrected chi connectivity index (χ1v) is 8.37. The van der Waals surface area contributed by atoms with Gasteiger partial charge in [-0.15, -0.1) is 0 Å². The van der Waals surface area contributed by atoms with Crippen molar-refractivity contribution in [3.05, 3.63) is 34.3 Å². The van der Waals surface area contributed by atoms with Crippen molar-refractivity contribution in [1.29, 1.82) is 0 Å². The van der Waals surface area contributed by atoms with Gasteiger partial charge in [0.2, 0.25) is 0 Å². The summed E-state index contributed by atoms with van der Waals surface area (Å²) in [6, 6.07) is 7.56. The number of thioether (sulfide) groups is 1. The number of hydrogen-bond donors (Lipinski definition) is 0. The van der Waals surface area contributed by atoms with Crippen molar-refractivity contribution in [3.8, 4) is 0 Å². The molecule has 1 aliphatic heterocycles. The summed E-state index contributed by atoms with van der Waals surface area (Å²) in [6.45, 7) is 4.75. The van der Waals surface area contributed by atoms with Crippen LogP contribution >= 0.6 is 27.7 Å². The lowest BCUT2D eigenvalue weighted by Crippen LogP contribution is -2.37. The molecule has 0 amide bonds. The number of nitrogens with zero attached hydrogens (tertiary/aromatic N) is 1. The number of ketones is 1. The molecule has 0 saturated carbocycles. The quantitative estimate of drug-likeness (QED) is 0.586. The predicted molar refractivity (Wildman–Crippen MR) is 83.1 cm³/mol. The van der Waals surface area contributed by atoms with Crippen LogP contribution in [0.4, 0.5) is 0 Å². The first-order valence-electron chi connectivity index (χ1n) is 6.42. The highest BCUT2D eigenvalue weighted by atomic mass is 79.9. The van der Waals surface area contributed by atoms with Crippen molar-refractivity contribution < 1.29 is 9.53 Å². The Morgan fingerprint density at radius 1 is 1.26 bits per heavy atom. The number of Topliss-reactive ketones (excluding diaryl/α,β-unsaturated/α-hetero) is 1. The minimum Gasteiger partial charge on any atom is -0.379 e. The van der Waals surface area contributed by atoms with E-state index in [9.17, 15) is 4.79 Å². The number of carbonyl (C=O) groups excluding carboxylic acids is 1. The van der Waals surface area contributed by atoms with Crippen LogP contribution in [-0.4, -0.2) is 55.0 Å².